The van der Waals surface area contributed by atoms with E-state index in [-0.39, 0.29) is 12.5 Å². The monoisotopic (exact) mass is 291 g/mol. The fourth-order valence-corrected chi connectivity index (χ4v) is 1.79. The molecule has 1 unspecified atom stereocenters. The van der Waals surface area contributed by atoms with Crippen molar-refractivity contribution in [2.45, 2.75) is 20.3 Å². The van der Waals surface area contributed by atoms with Crippen molar-refractivity contribution >= 4 is 34.8 Å². The lowest BCUT2D eigenvalue weighted by Gasteiger charge is -2.14. The third kappa shape index (κ3) is 4.52. The average molecular weight is 292 g/mol. The highest BCUT2D eigenvalue weighted by molar-refractivity contribution is 6.37. The zero-order valence-electron chi connectivity index (χ0n) is 10.6. The van der Waals surface area contributed by atoms with Crippen LogP contribution in [0.1, 0.15) is 20.3 Å². The number of hydrogen-bond acceptors (Lipinski definition) is 4. The van der Waals surface area contributed by atoms with E-state index in [0.717, 1.165) is 13.0 Å². The van der Waals surface area contributed by atoms with E-state index in [1.807, 2.05) is 6.92 Å². The molecule has 102 valence electrons. The maximum absolute atomic E-state index is 8.97. The minimum atomic E-state index is 0.124. The van der Waals surface area contributed by atoms with Crippen molar-refractivity contribution in [3.05, 3.63) is 16.1 Å². The Kier molecular flexibility index (Phi) is 6.54. The molecule has 0 radical (unpaired) electrons. The van der Waals surface area contributed by atoms with Crippen molar-refractivity contribution in [3.63, 3.8) is 0 Å². The summed E-state index contributed by atoms with van der Waals surface area (Å²) in [5.41, 5.74) is 0. The molecule has 1 rings (SSSR count). The van der Waals surface area contributed by atoms with Gasteiger partial charge in [-0.15, -0.1) is 0 Å². The standard InChI is InChI=1S/C12H19Cl2N3O/c1-3-4-15-11-9(13)5-10(14)12(17-11)16-6-8(2)7-18/h5,8,18H,3-4,6-7H2,1-2H3,(H2,15,16,17). The van der Waals surface area contributed by atoms with Gasteiger partial charge in [0.1, 0.15) is 11.6 Å². The molecule has 0 aliphatic heterocycles. The van der Waals surface area contributed by atoms with Gasteiger partial charge in [-0.1, -0.05) is 37.0 Å². The van der Waals surface area contributed by atoms with Crippen LogP contribution in [0.15, 0.2) is 6.07 Å². The first-order chi connectivity index (χ1) is 8.58. The quantitative estimate of drug-likeness (QED) is 0.722. The molecule has 0 fully saturated rings. The Morgan fingerprint density at radius 2 is 1.89 bits per heavy atom. The average Bonchev–Trinajstić information content (AvgIpc) is 2.36. The van der Waals surface area contributed by atoms with Gasteiger partial charge in [-0.25, -0.2) is 4.98 Å². The van der Waals surface area contributed by atoms with Crippen LogP contribution in [0.3, 0.4) is 0 Å². The largest absolute Gasteiger partial charge is 0.396 e. The number of pyridine rings is 1. The van der Waals surface area contributed by atoms with Gasteiger partial charge in [-0.3, -0.25) is 0 Å². The normalized spacial score (nSPS) is 12.3. The second-order valence-corrected chi connectivity index (χ2v) is 5.06. The number of aliphatic hydroxyl groups excluding tert-OH is 1. The molecule has 0 aromatic carbocycles. The highest BCUT2D eigenvalue weighted by Crippen LogP contribution is 2.29. The number of hydrogen-bond donors (Lipinski definition) is 3. The second-order valence-electron chi connectivity index (χ2n) is 4.24. The number of aliphatic hydroxyl groups is 1. The molecule has 0 saturated heterocycles. The van der Waals surface area contributed by atoms with Gasteiger partial charge in [-0.2, -0.15) is 0 Å². The second kappa shape index (κ2) is 7.67. The van der Waals surface area contributed by atoms with E-state index >= 15 is 0 Å². The fraction of sp³-hybridized carbons (Fsp3) is 0.583. The molecule has 3 N–H and O–H groups in total. The number of rotatable bonds is 7. The van der Waals surface area contributed by atoms with Crippen molar-refractivity contribution in [1.29, 1.82) is 0 Å². The number of anilines is 2. The summed E-state index contributed by atoms with van der Waals surface area (Å²) in [6, 6.07) is 1.67. The van der Waals surface area contributed by atoms with Crippen LogP contribution in [0, 0.1) is 5.92 Å². The molecule has 0 saturated carbocycles. The van der Waals surface area contributed by atoms with Crippen LogP contribution in [-0.4, -0.2) is 29.8 Å². The van der Waals surface area contributed by atoms with Gasteiger partial charge < -0.3 is 15.7 Å². The molecule has 0 aliphatic rings. The lowest BCUT2D eigenvalue weighted by molar-refractivity contribution is 0.244. The topological polar surface area (TPSA) is 57.2 Å². The Morgan fingerprint density at radius 1 is 1.28 bits per heavy atom. The van der Waals surface area contributed by atoms with Gasteiger partial charge in [0.05, 0.1) is 10.0 Å². The van der Waals surface area contributed by atoms with E-state index in [4.69, 9.17) is 28.3 Å². The van der Waals surface area contributed by atoms with Crippen molar-refractivity contribution in [3.8, 4) is 0 Å². The van der Waals surface area contributed by atoms with Crippen LogP contribution in [-0.2, 0) is 0 Å². The van der Waals surface area contributed by atoms with Crippen LogP contribution < -0.4 is 10.6 Å². The molecule has 0 bridgehead atoms. The SMILES string of the molecule is CCCNc1nc(NCC(C)CO)c(Cl)cc1Cl. The van der Waals surface area contributed by atoms with E-state index in [9.17, 15) is 0 Å². The Morgan fingerprint density at radius 3 is 2.44 bits per heavy atom. The minimum absolute atomic E-state index is 0.124. The molecule has 6 heteroatoms. The molecule has 1 aromatic heterocycles. The summed E-state index contributed by atoms with van der Waals surface area (Å²) in [7, 11) is 0. The zero-order chi connectivity index (χ0) is 13.5. The van der Waals surface area contributed by atoms with Crippen molar-refractivity contribution in [2.24, 2.45) is 5.92 Å². The molecular formula is C12H19Cl2N3O. The van der Waals surface area contributed by atoms with Crippen molar-refractivity contribution in [1.82, 2.24) is 4.98 Å². The molecule has 1 heterocycles. The third-order valence-electron chi connectivity index (χ3n) is 2.40. The van der Waals surface area contributed by atoms with Crippen molar-refractivity contribution < 1.29 is 5.11 Å². The van der Waals surface area contributed by atoms with Crippen LogP contribution in [0.2, 0.25) is 10.0 Å². The molecule has 0 amide bonds. The number of aromatic nitrogens is 1. The maximum Gasteiger partial charge on any atom is 0.147 e. The molecule has 18 heavy (non-hydrogen) atoms. The number of nitrogens with one attached hydrogen (secondary N) is 2. The Hall–Kier alpha value is -0.710. The highest BCUT2D eigenvalue weighted by atomic mass is 35.5. The summed E-state index contributed by atoms with van der Waals surface area (Å²) in [4.78, 5) is 4.35. The van der Waals surface area contributed by atoms with Gasteiger partial charge in [0.15, 0.2) is 0 Å². The van der Waals surface area contributed by atoms with E-state index in [1.165, 1.54) is 0 Å². The summed E-state index contributed by atoms with van der Waals surface area (Å²) in [6.07, 6.45) is 0.991. The fourth-order valence-electron chi connectivity index (χ4n) is 1.29. The molecule has 0 spiro atoms. The molecule has 1 atom stereocenters. The van der Waals surface area contributed by atoms with Gasteiger partial charge in [-0.05, 0) is 18.4 Å². The Bertz CT molecular complexity index is 388. The Labute approximate surface area is 118 Å². The number of nitrogens with zero attached hydrogens (tertiary/aromatic N) is 1. The molecule has 1 aromatic rings. The van der Waals surface area contributed by atoms with Gasteiger partial charge in [0.2, 0.25) is 0 Å². The highest BCUT2D eigenvalue weighted by Gasteiger charge is 2.09. The smallest absolute Gasteiger partial charge is 0.147 e. The molecule has 0 aliphatic carbocycles. The first-order valence-electron chi connectivity index (χ1n) is 6.03. The first-order valence-corrected chi connectivity index (χ1v) is 6.78. The Balaban J connectivity index is 2.77. The van der Waals surface area contributed by atoms with Gasteiger partial charge in [0.25, 0.3) is 0 Å². The summed E-state index contributed by atoms with van der Waals surface area (Å²) in [5.74, 6) is 1.35. The van der Waals surface area contributed by atoms with E-state index < -0.39 is 0 Å². The zero-order valence-corrected chi connectivity index (χ0v) is 12.1. The van der Waals surface area contributed by atoms with Gasteiger partial charge >= 0.3 is 0 Å². The lowest BCUT2D eigenvalue weighted by Crippen LogP contribution is -2.16. The van der Waals surface area contributed by atoms with Crippen LogP contribution in [0.25, 0.3) is 0 Å². The lowest BCUT2D eigenvalue weighted by atomic mass is 10.2. The van der Waals surface area contributed by atoms with E-state index in [0.29, 0.717) is 28.2 Å². The van der Waals surface area contributed by atoms with Crippen LogP contribution in [0.4, 0.5) is 11.6 Å². The minimum Gasteiger partial charge on any atom is -0.396 e. The summed E-state index contributed by atoms with van der Waals surface area (Å²) in [6.45, 7) is 5.55. The summed E-state index contributed by atoms with van der Waals surface area (Å²) < 4.78 is 0. The number of halogens is 2. The van der Waals surface area contributed by atoms with E-state index in [1.54, 1.807) is 6.07 Å². The molecule has 4 nitrogen and oxygen atoms in total. The van der Waals surface area contributed by atoms with Crippen molar-refractivity contribution in [2.75, 3.05) is 30.3 Å². The van der Waals surface area contributed by atoms with Gasteiger partial charge in [0, 0.05) is 19.7 Å². The third-order valence-corrected chi connectivity index (χ3v) is 2.98. The van der Waals surface area contributed by atoms with Crippen LogP contribution in [0.5, 0.6) is 0 Å². The van der Waals surface area contributed by atoms with E-state index in [2.05, 4.69) is 22.5 Å². The predicted octanol–water partition coefficient (Wildman–Crippen LogP) is 3.25. The first kappa shape index (κ1) is 15.3. The van der Waals surface area contributed by atoms with Crippen LogP contribution >= 0.6 is 23.2 Å². The summed E-state index contributed by atoms with van der Waals surface area (Å²) in [5, 5.41) is 16.2. The maximum atomic E-state index is 8.97. The predicted molar refractivity (Wildman–Crippen MR) is 77.8 cm³/mol. The molecular weight excluding hydrogens is 273 g/mol. The summed E-state index contributed by atoms with van der Waals surface area (Å²) >= 11 is 12.1.